The number of halogens is 2. The Hall–Kier alpha value is -3.51. The van der Waals surface area contributed by atoms with E-state index < -0.39 is 6.04 Å². The van der Waals surface area contributed by atoms with Crippen molar-refractivity contribution >= 4 is 44.2 Å². The van der Waals surface area contributed by atoms with Crippen LogP contribution in [0.25, 0.3) is 10.8 Å². The van der Waals surface area contributed by atoms with Gasteiger partial charge in [-0.15, -0.1) is 0 Å². The Kier molecular flexibility index (Phi) is 5.68. The van der Waals surface area contributed by atoms with Gasteiger partial charge in [0.1, 0.15) is 12.4 Å². The second kappa shape index (κ2) is 8.79. The number of carbonyl (C=O) groups is 2. The monoisotopic (exact) mass is 502 g/mol. The Morgan fingerprint density at radius 2 is 1.76 bits per heavy atom. The number of nitrogens with zero attached hydrogens (tertiary/aromatic N) is 1. The molecule has 0 aliphatic carbocycles. The smallest absolute Gasteiger partial charge is 0.244 e. The van der Waals surface area contributed by atoms with E-state index in [4.69, 9.17) is 0 Å². The molecule has 0 saturated carbocycles. The normalized spacial score (nSPS) is 15.6. The standard InChI is InChI=1S/C27H20BrFN2O2/c28-20-10-13-24-23(15-20)27(18-8-11-21(29)12-9-18)31(16-25(32)30-24)26(33)14-19-6-3-5-17-4-1-2-7-22(17)19/h1-13,15,27H,14,16H2,(H,30,32)/t27-/m1/s1. The van der Waals surface area contributed by atoms with Crippen molar-refractivity contribution in [3.8, 4) is 0 Å². The van der Waals surface area contributed by atoms with Crippen LogP contribution < -0.4 is 5.32 Å². The minimum absolute atomic E-state index is 0.0993. The fourth-order valence-electron chi connectivity index (χ4n) is 4.43. The van der Waals surface area contributed by atoms with Crippen molar-refractivity contribution in [2.24, 2.45) is 0 Å². The largest absolute Gasteiger partial charge is 0.324 e. The van der Waals surface area contributed by atoms with Crippen LogP contribution in [-0.4, -0.2) is 23.3 Å². The lowest BCUT2D eigenvalue weighted by Crippen LogP contribution is -2.39. The molecular weight excluding hydrogens is 483 g/mol. The third kappa shape index (κ3) is 4.26. The Bertz CT molecular complexity index is 1370. The van der Waals surface area contributed by atoms with Crippen molar-refractivity contribution in [1.29, 1.82) is 0 Å². The molecule has 1 N–H and O–H groups in total. The van der Waals surface area contributed by atoms with Crippen LogP contribution in [0.3, 0.4) is 0 Å². The molecule has 1 aliphatic rings. The first-order valence-corrected chi connectivity index (χ1v) is 11.4. The summed E-state index contributed by atoms with van der Waals surface area (Å²) in [5.74, 6) is -0.803. The SMILES string of the molecule is O=C1CN(C(=O)Cc2cccc3ccccc23)[C@H](c2ccc(F)cc2)c2cc(Br)ccc2N1. The lowest BCUT2D eigenvalue weighted by molar-refractivity contribution is -0.135. The predicted octanol–water partition coefficient (Wildman–Crippen LogP) is 5.85. The van der Waals surface area contributed by atoms with Gasteiger partial charge < -0.3 is 10.2 Å². The van der Waals surface area contributed by atoms with Gasteiger partial charge in [-0.05, 0) is 52.2 Å². The van der Waals surface area contributed by atoms with Crippen LogP contribution in [0.15, 0.2) is 89.4 Å². The Labute approximate surface area is 199 Å². The average molecular weight is 503 g/mol. The van der Waals surface area contributed by atoms with Gasteiger partial charge in [-0.2, -0.15) is 0 Å². The van der Waals surface area contributed by atoms with E-state index in [1.54, 1.807) is 17.0 Å². The number of carbonyl (C=O) groups excluding carboxylic acids is 2. The second-order valence-electron chi connectivity index (χ2n) is 8.07. The summed E-state index contributed by atoms with van der Waals surface area (Å²) in [6.07, 6.45) is 0.148. The highest BCUT2D eigenvalue weighted by Crippen LogP contribution is 2.38. The van der Waals surface area contributed by atoms with Crippen molar-refractivity contribution in [2.45, 2.75) is 12.5 Å². The van der Waals surface area contributed by atoms with Gasteiger partial charge in [-0.3, -0.25) is 9.59 Å². The van der Waals surface area contributed by atoms with E-state index in [9.17, 15) is 14.0 Å². The summed E-state index contributed by atoms with van der Waals surface area (Å²) in [5.41, 5.74) is 3.04. The molecule has 0 unspecified atom stereocenters. The molecule has 2 amide bonds. The van der Waals surface area contributed by atoms with Gasteiger partial charge in [0.2, 0.25) is 11.8 Å². The summed E-state index contributed by atoms with van der Waals surface area (Å²) in [7, 11) is 0. The van der Waals surface area contributed by atoms with Crippen molar-refractivity contribution in [3.05, 3.63) is 112 Å². The molecule has 1 aliphatic heterocycles. The summed E-state index contributed by atoms with van der Waals surface area (Å²) >= 11 is 3.50. The zero-order chi connectivity index (χ0) is 22.9. The van der Waals surface area contributed by atoms with Gasteiger partial charge in [0.05, 0.1) is 12.5 Å². The molecule has 4 nitrogen and oxygen atoms in total. The van der Waals surface area contributed by atoms with Gasteiger partial charge >= 0.3 is 0 Å². The fourth-order valence-corrected chi connectivity index (χ4v) is 4.80. The van der Waals surface area contributed by atoms with Crippen LogP contribution in [0.4, 0.5) is 10.1 Å². The number of hydrogen-bond donors (Lipinski definition) is 1. The summed E-state index contributed by atoms with van der Waals surface area (Å²) < 4.78 is 14.5. The molecule has 0 spiro atoms. The molecule has 4 aromatic rings. The van der Waals surface area contributed by atoms with Gasteiger partial charge in [0.15, 0.2) is 0 Å². The zero-order valence-corrected chi connectivity index (χ0v) is 19.2. The molecule has 1 atom stereocenters. The predicted molar refractivity (Wildman–Crippen MR) is 130 cm³/mol. The number of amides is 2. The van der Waals surface area contributed by atoms with Crippen LogP contribution in [0, 0.1) is 5.82 Å². The minimum atomic E-state index is -0.542. The summed E-state index contributed by atoms with van der Waals surface area (Å²) in [6.45, 7) is -0.0993. The summed E-state index contributed by atoms with van der Waals surface area (Å²) in [6, 6.07) is 24.9. The number of nitrogens with one attached hydrogen (secondary N) is 1. The molecule has 4 aromatic carbocycles. The van der Waals surface area contributed by atoms with Gasteiger partial charge in [0.25, 0.3) is 0 Å². The maximum absolute atomic E-state index is 13.7. The van der Waals surface area contributed by atoms with Crippen LogP contribution in [0.1, 0.15) is 22.7 Å². The van der Waals surface area contributed by atoms with E-state index in [0.717, 1.165) is 31.9 Å². The molecule has 0 bridgehead atoms. The number of hydrogen-bond acceptors (Lipinski definition) is 2. The Morgan fingerprint density at radius 3 is 2.58 bits per heavy atom. The quantitative estimate of drug-likeness (QED) is 0.381. The van der Waals surface area contributed by atoms with E-state index in [0.29, 0.717) is 5.69 Å². The topological polar surface area (TPSA) is 49.4 Å². The van der Waals surface area contributed by atoms with E-state index in [2.05, 4.69) is 21.2 Å². The van der Waals surface area contributed by atoms with Crippen molar-refractivity contribution in [1.82, 2.24) is 4.90 Å². The van der Waals surface area contributed by atoms with Crippen LogP contribution in [0.2, 0.25) is 0 Å². The van der Waals surface area contributed by atoms with Crippen LogP contribution >= 0.6 is 15.9 Å². The minimum Gasteiger partial charge on any atom is -0.324 e. The van der Waals surface area contributed by atoms with Crippen LogP contribution in [0.5, 0.6) is 0 Å². The molecule has 164 valence electrons. The molecule has 0 saturated heterocycles. The Morgan fingerprint density at radius 1 is 1.00 bits per heavy atom. The number of fused-ring (bicyclic) bond motifs is 2. The molecule has 1 heterocycles. The average Bonchev–Trinajstić information content (AvgIpc) is 2.95. The van der Waals surface area contributed by atoms with Gasteiger partial charge in [0, 0.05) is 15.7 Å². The van der Waals surface area contributed by atoms with E-state index in [1.165, 1.54) is 12.1 Å². The van der Waals surface area contributed by atoms with Crippen LogP contribution in [-0.2, 0) is 16.0 Å². The maximum atomic E-state index is 13.7. The molecule has 5 rings (SSSR count). The second-order valence-corrected chi connectivity index (χ2v) is 8.99. The maximum Gasteiger partial charge on any atom is 0.244 e. The van der Waals surface area contributed by atoms with E-state index in [1.807, 2.05) is 60.7 Å². The highest BCUT2D eigenvalue weighted by atomic mass is 79.9. The molecule has 33 heavy (non-hydrogen) atoms. The zero-order valence-electron chi connectivity index (χ0n) is 17.6. The third-order valence-electron chi connectivity index (χ3n) is 5.94. The van der Waals surface area contributed by atoms with Crippen molar-refractivity contribution < 1.29 is 14.0 Å². The lowest BCUT2D eigenvalue weighted by Gasteiger charge is -2.31. The van der Waals surface area contributed by atoms with E-state index in [-0.39, 0.29) is 30.6 Å². The first-order valence-electron chi connectivity index (χ1n) is 10.6. The van der Waals surface area contributed by atoms with Crippen molar-refractivity contribution in [3.63, 3.8) is 0 Å². The van der Waals surface area contributed by atoms with Gasteiger partial charge in [-0.1, -0.05) is 70.5 Å². The molecule has 6 heteroatoms. The molecule has 0 radical (unpaired) electrons. The number of benzene rings is 4. The number of rotatable bonds is 3. The lowest BCUT2D eigenvalue weighted by atomic mass is 9.95. The summed E-state index contributed by atoms with van der Waals surface area (Å²) in [4.78, 5) is 28.1. The number of anilines is 1. The highest BCUT2D eigenvalue weighted by molar-refractivity contribution is 9.10. The first kappa shape index (κ1) is 21.3. The molecular formula is C27H20BrFN2O2. The summed E-state index contributed by atoms with van der Waals surface area (Å²) in [5, 5.41) is 4.98. The molecule has 0 fully saturated rings. The van der Waals surface area contributed by atoms with Crippen molar-refractivity contribution in [2.75, 3.05) is 11.9 Å². The molecule has 0 aromatic heterocycles. The fraction of sp³-hybridized carbons (Fsp3) is 0.111. The van der Waals surface area contributed by atoms with E-state index >= 15 is 0 Å². The first-order chi connectivity index (χ1) is 16.0. The van der Waals surface area contributed by atoms with Gasteiger partial charge in [-0.25, -0.2) is 4.39 Å². The third-order valence-corrected chi connectivity index (χ3v) is 6.43. The highest BCUT2D eigenvalue weighted by Gasteiger charge is 2.33. The Balaban J connectivity index is 1.60.